The summed E-state index contributed by atoms with van der Waals surface area (Å²) in [5.74, 6) is -0.100. The van der Waals surface area contributed by atoms with Crippen LogP contribution in [0, 0.1) is 12.3 Å². The third kappa shape index (κ3) is 3.11. The molecule has 0 fully saturated rings. The molecule has 3 aliphatic rings. The lowest BCUT2D eigenvalue weighted by atomic mass is 9.49. The number of aryl methyl sites for hydroxylation is 1. The molecule has 4 aromatic carbocycles. The molecule has 1 amide bonds. The summed E-state index contributed by atoms with van der Waals surface area (Å²) >= 11 is 1.46. The number of hydrogen-bond donors (Lipinski definition) is 2. The predicted octanol–water partition coefficient (Wildman–Crippen LogP) is 6.97. The van der Waals surface area contributed by atoms with Gasteiger partial charge in [0.25, 0.3) is 0 Å². The summed E-state index contributed by atoms with van der Waals surface area (Å²) in [4.78, 5) is 18.9. The molecule has 0 aliphatic heterocycles. The lowest BCUT2D eigenvalue weighted by Gasteiger charge is -2.55. The van der Waals surface area contributed by atoms with Gasteiger partial charge in [-0.1, -0.05) is 84.9 Å². The molecule has 4 nitrogen and oxygen atoms in total. The first-order valence-corrected chi connectivity index (χ1v) is 13.5. The van der Waals surface area contributed by atoms with Crippen LogP contribution in [0.4, 0.5) is 5.13 Å². The van der Waals surface area contributed by atoms with Gasteiger partial charge in [0.05, 0.1) is 16.6 Å². The van der Waals surface area contributed by atoms with Gasteiger partial charge in [-0.2, -0.15) is 0 Å². The molecular weight excluding hydrogens is 474 g/mol. The van der Waals surface area contributed by atoms with Gasteiger partial charge in [0.2, 0.25) is 5.91 Å². The molecule has 0 spiro atoms. The Balaban J connectivity index is 1.26. The Morgan fingerprint density at radius 1 is 0.919 bits per heavy atom. The van der Waals surface area contributed by atoms with Crippen LogP contribution < -0.4 is 11.1 Å². The fourth-order valence-corrected chi connectivity index (χ4v) is 7.47. The topological polar surface area (TPSA) is 68.0 Å². The number of thiazole rings is 1. The molecule has 5 heteroatoms. The van der Waals surface area contributed by atoms with E-state index in [4.69, 9.17) is 10.7 Å². The van der Waals surface area contributed by atoms with Crippen molar-refractivity contribution in [2.24, 2.45) is 11.1 Å². The van der Waals surface area contributed by atoms with Crippen LogP contribution in [0.1, 0.15) is 47.1 Å². The molecule has 3 N–H and O–H groups in total. The third-order valence-corrected chi connectivity index (χ3v) is 9.21. The lowest BCUT2D eigenvalue weighted by molar-refractivity contribution is -0.127. The van der Waals surface area contributed by atoms with Crippen molar-refractivity contribution >= 4 is 33.1 Å². The first-order valence-electron chi connectivity index (χ1n) is 12.6. The number of anilines is 1. The van der Waals surface area contributed by atoms with Gasteiger partial charge in [-0.25, -0.2) is 4.98 Å². The average molecular weight is 502 g/mol. The van der Waals surface area contributed by atoms with Gasteiger partial charge in [-0.3, -0.25) is 4.79 Å². The van der Waals surface area contributed by atoms with E-state index in [0.717, 1.165) is 33.5 Å². The third-order valence-electron chi connectivity index (χ3n) is 8.45. The summed E-state index contributed by atoms with van der Waals surface area (Å²) < 4.78 is 0. The van der Waals surface area contributed by atoms with Crippen LogP contribution in [0.25, 0.3) is 22.0 Å². The van der Waals surface area contributed by atoms with E-state index >= 15 is 0 Å². The van der Waals surface area contributed by atoms with Crippen LogP contribution in [-0.2, 0) is 10.3 Å². The average Bonchev–Trinajstić information content (AvgIpc) is 3.37. The van der Waals surface area contributed by atoms with Gasteiger partial charge in [-0.15, -0.1) is 11.3 Å². The minimum Gasteiger partial charge on any atom is -0.318 e. The van der Waals surface area contributed by atoms with Gasteiger partial charge in [0.15, 0.2) is 5.13 Å². The lowest BCUT2D eigenvalue weighted by Crippen LogP contribution is -2.57. The minimum atomic E-state index is -0.708. The Hall–Kier alpha value is -3.80. The van der Waals surface area contributed by atoms with E-state index in [9.17, 15) is 4.79 Å². The van der Waals surface area contributed by atoms with Crippen LogP contribution in [0.15, 0.2) is 90.3 Å². The molecule has 0 saturated carbocycles. The quantitative estimate of drug-likeness (QED) is 0.281. The van der Waals surface area contributed by atoms with Crippen LogP contribution in [0.3, 0.4) is 0 Å². The van der Waals surface area contributed by atoms with Crippen LogP contribution in [0.2, 0.25) is 0 Å². The number of fused-ring (bicyclic) bond motifs is 2. The van der Waals surface area contributed by atoms with Crippen molar-refractivity contribution in [3.63, 3.8) is 0 Å². The maximum absolute atomic E-state index is 14.0. The number of carbonyl (C=O) groups excluding carboxylic acids is 1. The zero-order chi connectivity index (χ0) is 25.4. The van der Waals surface area contributed by atoms with Crippen molar-refractivity contribution in [2.75, 3.05) is 5.32 Å². The second-order valence-corrected chi connectivity index (χ2v) is 11.5. The first kappa shape index (κ1) is 22.4. The molecule has 2 bridgehead atoms. The van der Waals surface area contributed by atoms with E-state index in [-0.39, 0.29) is 11.8 Å². The van der Waals surface area contributed by atoms with Crippen molar-refractivity contribution in [1.82, 2.24) is 4.98 Å². The number of rotatable bonds is 3. The number of aromatic nitrogens is 1. The number of nitrogens with zero attached hydrogens (tertiary/aromatic N) is 1. The number of amides is 1. The zero-order valence-corrected chi connectivity index (χ0v) is 21.6. The van der Waals surface area contributed by atoms with E-state index in [1.807, 2.05) is 29.6 Å². The smallest absolute Gasteiger partial charge is 0.233 e. The molecule has 0 saturated heterocycles. The maximum atomic E-state index is 14.0. The number of hydrogen-bond acceptors (Lipinski definition) is 4. The number of carbonyl (C=O) groups is 1. The fourth-order valence-electron chi connectivity index (χ4n) is 6.76. The molecular formula is C32H27N3OS. The van der Waals surface area contributed by atoms with Gasteiger partial charge in [0, 0.05) is 16.9 Å². The van der Waals surface area contributed by atoms with Crippen molar-refractivity contribution in [3.8, 4) is 11.3 Å². The summed E-state index contributed by atoms with van der Waals surface area (Å²) in [6.45, 7) is 4.18. The standard InChI is InChI=1S/C32H27N3OS/c1-19-15-16-22(21-10-4-3-9-20(19)21)27-17-37-30(34-27)35-29(36)31(2)18-32(33)25-13-7-5-11-23(25)28(31)24-12-6-8-14-26(24)32/h3-17,28H,18,33H2,1-2H3,(H,34,35,36). The van der Waals surface area contributed by atoms with Crippen LogP contribution >= 0.6 is 11.3 Å². The summed E-state index contributed by atoms with van der Waals surface area (Å²) in [7, 11) is 0. The summed E-state index contributed by atoms with van der Waals surface area (Å²) in [6.07, 6.45) is 0.547. The van der Waals surface area contributed by atoms with Crippen molar-refractivity contribution in [1.29, 1.82) is 0 Å². The highest BCUT2D eigenvalue weighted by Crippen LogP contribution is 2.62. The molecule has 8 rings (SSSR count). The van der Waals surface area contributed by atoms with Crippen LogP contribution in [0.5, 0.6) is 0 Å². The number of nitrogens with one attached hydrogen (secondary N) is 1. The van der Waals surface area contributed by atoms with E-state index < -0.39 is 11.0 Å². The molecule has 182 valence electrons. The normalized spacial score (nSPS) is 23.5. The second kappa shape index (κ2) is 7.85. The molecule has 0 radical (unpaired) electrons. The van der Waals surface area contributed by atoms with Gasteiger partial charge < -0.3 is 11.1 Å². The van der Waals surface area contributed by atoms with Crippen molar-refractivity contribution in [2.45, 2.75) is 31.7 Å². The van der Waals surface area contributed by atoms with E-state index in [2.05, 4.69) is 79.8 Å². The van der Waals surface area contributed by atoms with E-state index in [1.54, 1.807) is 0 Å². The molecule has 3 aliphatic carbocycles. The van der Waals surface area contributed by atoms with Crippen molar-refractivity contribution in [3.05, 3.63) is 118 Å². The van der Waals surface area contributed by atoms with E-state index in [0.29, 0.717) is 11.6 Å². The van der Waals surface area contributed by atoms with Crippen molar-refractivity contribution < 1.29 is 4.79 Å². The van der Waals surface area contributed by atoms with Crippen LogP contribution in [-0.4, -0.2) is 10.9 Å². The molecule has 5 aromatic rings. The molecule has 1 heterocycles. The second-order valence-electron chi connectivity index (χ2n) is 10.6. The highest BCUT2D eigenvalue weighted by molar-refractivity contribution is 7.14. The highest BCUT2D eigenvalue weighted by Gasteiger charge is 2.59. The SMILES string of the molecule is Cc1ccc(-c2csc(NC(=O)C3(C)CC4(N)c5ccccc5C3c3ccccc34)n2)c2ccccc12. The number of benzene rings is 4. The van der Waals surface area contributed by atoms with Gasteiger partial charge in [0.1, 0.15) is 0 Å². The molecule has 1 aromatic heterocycles. The number of nitrogens with two attached hydrogens (primary N) is 1. The summed E-state index contributed by atoms with van der Waals surface area (Å²) in [5, 5.41) is 8.20. The predicted molar refractivity (Wildman–Crippen MR) is 151 cm³/mol. The van der Waals surface area contributed by atoms with Gasteiger partial charge >= 0.3 is 0 Å². The Labute approximate surface area is 220 Å². The zero-order valence-electron chi connectivity index (χ0n) is 20.8. The Morgan fingerprint density at radius 2 is 1.54 bits per heavy atom. The molecule has 1 atom stereocenters. The van der Waals surface area contributed by atoms with E-state index in [1.165, 1.54) is 27.7 Å². The Kier molecular flexibility index (Phi) is 4.75. The fraction of sp³-hybridized carbons (Fsp3) is 0.188. The maximum Gasteiger partial charge on any atom is 0.233 e. The largest absolute Gasteiger partial charge is 0.318 e. The summed E-state index contributed by atoms with van der Waals surface area (Å²) in [6, 6.07) is 29.3. The molecule has 37 heavy (non-hydrogen) atoms. The Bertz CT molecular complexity index is 1670. The first-order chi connectivity index (χ1) is 17.9. The highest BCUT2D eigenvalue weighted by atomic mass is 32.1. The Morgan fingerprint density at radius 3 is 2.24 bits per heavy atom. The minimum absolute atomic E-state index is 0.0361. The monoisotopic (exact) mass is 501 g/mol. The molecule has 1 unspecified atom stereocenters. The summed E-state index contributed by atoms with van der Waals surface area (Å²) in [5.41, 5.74) is 13.5. The van der Waals surface area contributed by atoms with Gasteiger partial charge in [-0.05, 0) is 58.9 Å².